The van der Waals surface area contributed by atoms with Gasteiger partial charge in [0, 0.05) is 66.2 Å². The maximum atomic E-state index is 13.4. The summed E-state index contributed by atoms with van der Waals surface area (Å²) in [6.45, 7) is 4.58. The molecule has 1 aliphatic rings. The lowest BCUT2D eigenvalue weighted by molar-refractivity contribution is -0.707. The van der Waals surface area contributed by atoms with Crippen molar-refractivity contribution in [2.24, 2.45) is 0 Å². The highest BCUT2D eigenvalue weighted by Gasteiger charge is 2.23. The van der Waals surface area contributed by atoms with Gasteiger partial charge in [-0.25, -0.2) is 4.79 Å². The number of amides is 3. The molecule has 0 saturated carbocycles. The first-order chi connectivity index (χ1) is 19.0. The maximum absolute atomic E-state index is 13.4. The Morgan fingerprint density at radius 1 is 1.05 bits per heavy atom. The van der Waals surface area contributed by atoms with Gasteiger partial charge >= 0.3 is 6.09 Å². The largest absolute Gasteiger partial charge is 0.448 e. The van der Waals surface area contributed by atoms with Crippen LogP contribution in [0.1, 0.15) is 41.3 Å². The fraction of sp³-hybridized carbons (Fsp3) is 0.333. The molecule has 0 saturated heterocycles. The van der Waals surface area contributed by atoms with Crippen LogP contribution < -0.4 is 14.8 Å². The van der Waals surface area contributed by atoms with Crippen LogP contribution in [0, 0.1) is 0 Å². The molecule has 3 aromatic rings. The summed E-state index contributed by atoms with van der Waals surface area (Å²) in [4.78, 5) is 41.8. The van der Waals surface area contributed by atoms with E-state index in [1.165, 1.54) is 5.56 Å². The second-order valence-electron chi connectivity index (χ2n) is 9.38. The molecule has 0 radical (unpaired) electrons. The number of benzene rings is 2. The molecule has 2 aromatic carbocycles. The Balaban J connectivity index is 1.27. The molecular weight excluding hydrogens is 560 g/mol. The van der Waals surface area contributed by atoms with Gasteiger partial charge in [-0.15, -0.1) is 0 Å². The topological polar surface area (TPSA) is 82.8 Å². The summed E-state index contributed by atoms with van der Waals surface area (Å²) in [6.07, 6.45) is 3.40. The van der Waals surface area contributed by atoms with Crippen molar-refractivity contribution >= 4 is 39.5 Å². The first kappa shape index (κ1) is 28.3. The van der Waals surface area contributed by atoms with E-state index in [0.717, 1.165) is 29.6 Å². The summed E-state index contributed by atoms with van der Waals surface area (Å²) in [7, 11) is 0. The summed E-state index contributed by atoms with van der Waals surface area (Å²) < 4.78 is 8.24. The van der Waals surface area contributed by atoms with Crippen LogP contribution in [0.15, 0.2) is 77.5 Å². The van der Waals surface area contributed by atoms with Crippen LogP contribution in [0.2, 0.25) is 0 Å². The van der Waals surface area contributed by atoms with Crippen molar-refractivity contribution in [2.45, 2.75) is 39.3 Å². The fourth-order valence-electron chi connectivity index (χ4n) is 4.54. The Bertz CT molecular complexity index is 1300. The van der Waals surface area contributed by atoms with Gasteiger partial charge < -0.3 is 19.9 Å². The van der Waals surface area contributed by atoms with Gasteiger partial charge in [-0.1, -0.05) is 49.4 Å². The average Bonchev–Trinajstić information content (AvgIpc) is 2.96. The van der Waals surface area contributed by atoms with E-state index in [0.29, 0.717) is 24.3 Å². The molecule has 0 fully saturated rings. The van der Waals surface area contributed by atoms with Crippen LogP contribution in [0.4, 0.5) is 10.5 Å². The molecule has 1 aromatic heterocycles. The number of hydrogen-bond acceptors (Lipinski definition) is 4. The summed E-state index contributed by atoms with van der Waals surface area (Å²) in [5.41, 5.74) is 3.64. The fourth-order valence-corrected chi connectivity index (χ4v) is 5.08. The summed E-state index contributed by atoms with van der Waals surface area (Å²) in [5, 5.41) is 2.79. The van der Waals surface area contributed by atoms with Crippen molar-refractivity contribution in [2.75, 3.05) is 31.1 Å². The predicted octanol–water partition coefficient (Wildman–Crippen LogP) is 4.49. The third-order valence-electron chi connectivity index (χ3n) is 6.61. The Labute approximate surface area is 237 Å². The number of para-hydroxylation sites is 1. The zero-order valence-electron chi connectivity index (χ0n) is 22.1. The number of anilines is 1. The van der Waals surface area contributed by atoms with Gasteiger partial charge in [0.2, 0.25) is 10.5 Å². The van der Waals surface area contributed by atoms with E-state index in [9.17, 15) is 14.4 Å². The number of fused-ring (bicyclic) bond motifs is 1. The minimum Gasteiger partial charge on any atom is -0.448 e. The monoisotopic (exact) mass is 593 g/mol. The van der Waals surface area contributed by atoms with E-state index in [4.69, 9.17) is 4.74 Å². The number of nitrogens with zero attached hydrogens (tertiary/aromatic N) is 3. The van der Waals surface area contributed by atoms with Crippen molar-refractivity contribution in [3.63, 3.8) is 0 Å². The van der Waals surface area contributed by atoms with Crippen LogP contribution in [0.25, 0.3) is 0 Å². The van der Waals surface area contributed by atoms with Crippen molar-refractivity contribution in [1.29, 1.82) is 0 Å². The molecule has 0 atom stereocenters. The first-order valence-corrected chi connectivity index (χ1v) is 14.1. The van der Waals surface area contributed by atoms with Gasteiger partial charge in [0.1, 0.15) is 13.2 Å². The minimum atomic E-state index is -0.381. The number of pyridine rings is 1. The second-order valence-corrected chi connectivity index (χ2v) is 10.2. The van der Waals surface area contributed by atoms with E-state index in [-0.39, 0.29) is 44.0 Å². The molecule has 204 valence electrons. The highest BCUT2D eigenvalue weighted by molar-refractivity contribution is 9.10. The Kier molecular flexibility index (Phi) is 10.1. The average molecular weight is 595 g/mol. The first-order valence-electron chi connectivity index (χ1n) is 13.3. The molecule has 1 aliphatic heterocycles. The van der Waals surface area contributed by atoms with E-state index >= 15 is 0 Å². The molecule has 0 spiro atoms. The number of hydrogen-bond donors (Lipinski definition) is 1. The Morgan fingerprint density at radius 3 is 2.54 bits per heavy atom. The third kappa shape index (κ3) is 7.66. The number of carbonyl (C=O) groups is 3. The molecule has 4 rings (SSSR count). The Morgan fingerprint density at radius 2 is 1.79 bits per heavy atom. The molecule has 0 unspecified atom stereocenters. The number of ether oxygens (including phenoxy) is 1. The highest BCUT2D eigenvalue weighted by atomic mass is 79.9. The van der Waals surface area contributed by atoms with E-state index in [1.54, 1.807) is 15.9 Å². The van der Waals surface area contributed by atoms with Crippen LogP contribution in [0.5, 0.6) is 0 Å². The second kappa shape index (κ2) is 13.9. The zero-order chi connectivity index (χ0) is 27.6. The number of aryl methyl sites for hydroxylation is 1. The van der Waals surface area contributed by atoms with Crippen molar-refractivity contribution in [3.05, 3.63) is 94.2 Å². The number of carbonyl (C=O) groups excluding carboxylic acids is 3. The lowest BCUT2D eigenvalue weighted by atomic mass is 10.0. The standard InChI is InChI=1S/C30H33BrN4O4/c1-2-16-33-17-13-24(21-27(33)31)29(37)35(26-10-4-3-5-11-26)19-14-28(36)32-15-20-39-30(38)34-18-12-23-8-6-7-9-25(23)22-34/h3-11,13,17,21H,2,12,14-16,18-20,22H2,1H3/p+1. The van der Waals surface area contributed by atoms with Crippen LogP contribution in [-0.2, 0) is 29.0 Å². The van der Waals surface area contributed by atoms with E-state index in [2.05, 4.69) is 34.2 Å². The molecule has 0 aliphatic carbocycles. The number of aromatic nitrogens is 1. The van der Waals surface area contributed by atoms with Crippen molar-refractivity contribution in [1.82, 2.24) is 10.2 Å². The lowest BCUT2D eigenvalue weighted by Gasteiger charge is -2.28. The SMILES string of the molecule is CCC[n+]1ccc(C(=O)N(CCC(=O)NCCOC(=O)N2CCc3ccccc3C2)c2ccccc2)cc1Br. The predicted molar refractivity (Wildman–Crippen MR) is 152 cm³/mol. The van der Waals surface area contributed by atoms with Crippen molar-refractivity contribution in [3.8, 4) is 0 Å². The molecule has 8 nitrogen and oxygen atoms in total. The van der Waals surface area contributed by atoms with Crippen LogP contribution in [0.3, 0.4) is 0 Å². The summed E-state index contributed by atoms with van der Waals surface area (Å²) >= 11 is 3.55. The summed E-state index contributed by atoms with van der Waals surface area (Å²) in [5.74, 6) is -0.405. The molecule has 1 N–H and O–H groups in total. The quantitative estimate of drug-likeness (QED) is 0.213. The Hall–Kier alpha value is -3.72. The van der Waals surface area contributed by atoms with Gasteiger partial charge in [0.15, 0.2) is 6.20 Å². The lowest BCUT2D eigenvalue weighted by Crippen LogP contribution is -2.39. The van der Waals surface area contributed by atoms with Crippen molar-refractivity contribution < 1.29 is 23.7 Å². The number of halogens is 1. The highest BCUT2D eigenvalue weighted by Crippen LogP contribution is 2.20. The van der Waals surface area contributed by atoms with Gasteiger partial charge in [0.05, 0.1) is 12.1 Å². The third-order valence-corrected chi connectivity index (χ3v) is 7.29. The molecule has 3 amide bonds. The normalized spacial score (nSPS) is 12.4. The number of rotatable bonds is 10. The van der Waals surface area contributed by atoms with E-state index in [1.807, 2.05) is 65.4 Å². The molecule has 9 heteroatoms. The van der Waals surface area contributed by atoms with Gasteiger partial charge in [0.25, 0.3) is 5.91 Å². The summed E-state index contributed by atoms with van der Waals surface area (Å²) in [6, 6.07) is 21.0. The maximum Gasteiger partial charge on any atom is 0.410 e. The zero-order valence-corrected chi connectivity index (χ0v) is 23.7. The minimum absolute atomic E-state index is 0.0832. The van der Waals surface area contributed by atoms with Gasteiger partial charge in [-0.05, 0) is 29.7 Å². The van der Waals surface area contributed by atoms with E-state index < -0.39 is 0 Å². The molecule has 0 bridgehead atoms. The van der Waals surface area contributed by atoms with Crippen LogP contribution in [-0.4, -0.2) is 49.0 Å². The molecular formula is C30H34BrN4O4+. The smallest absolute Gasteiger partial charge is 0.410 e. The molecule has 2 heterocycles. The van der Waals surface area contributed by atoms with Gasteiger partial charge in [-0.2, -0.15) is 4.57 Å². The van der Waals surface area contributed by atoms with Gasteiger partial charge in [-0.3, -0.25) is 9.59 Å². The molecule has 39 heavy (non-hydrogen) atoms. The number of nitrogens with one attached hydrogen (secondary N) is 1. The van der Waals surface area contributed by atoms with Crippen LogP contribution >= 0.6 is 15.9 Å².